The lowest BCUT2D eigenvalue weighted by Crippen LogP contribution is -2.37. The summed E-state index contributed by atoms with van der Waals surface area (Å²) >= 11 is 5.00. The third-order valence-electron chi connectivity index (χ3n) is 3.80. The molecule has 0 spiro atoms. The lowest BCUT2D eigenvalue weighted by molar-refractivity contribution is 0.0979. The molecular formula is C17H21BrClN5OS. The fourth-order valence-corrected chi connectivity index (χ4v) is 4.07. The molecule has 2 heterocycles. The van der Waals surface area contributed by atoms with Crippen LogP contribution in [0.25, 0.3) is 10.2 Å². The van der Waals surface area contributed by atoms with Crippen molar-refractivity contribution in [3.63, 3.8) is 0 Å². The molecular weight excluding hydrogens is 438 g/mol. The number of aromatic nitrogens is 3. The van der Waals surface area contributed by atoms with E-state index in [2.05, 4.69) is 30.9 Å². The van der Waals surface area contributed by atoms with Crippen molar-refractivity contribution in [2.75, 3.05) is 32.1 Å². The van der Waals surface area contributed by atoms with Crippen molar-refractivity contribution in [1.82, 2.24) is 19.7 Å². The number of anilines is 1. The maximum absolute atomic E-state index is 13.1. The number of hydrogen-bond donors (Lipinski definition) is 0. The summed E-state index contributed by atoms with van der Waals surface area (Å²) < 4.78 is 3.72. The Morgan fingerprint density at radius 3 is 2.65 bits per heavy atom. The predicted molar refractivity (Wildman–Crippen MR) is 113 cm³/mol. The second kappa shape index (κ2) is 8.47. The van der Waals surface area contributed by atoms with Gasteiger partial charge in [-0.2, -0.15) is 5.10 Å². The van der Waals surface area contributed by atoms with Gasteiger partial charge in [0.2, 0.25) is 0 Å². The Kier molecular flexibility index (Phi) is 6.79. The second-order valence-electron chi connectivity index (χ2n) is 6.20. The molecule has 2 aromatic heterocycles. The minimum atomic E-state index is -0.113. The third-order valence-corrected chi connectivity index (χ3v) is 5.33. The van der Waals surface area contributed by atoms with Gasteiger partial charge in [-0.1, -0.05) is 27.3 Å². The van der Waals surface area contributed by atoms with Gasteiger partial charge in [-0.3, -0.25) is 14.4 Å². The molecule has 0 radical (unpaired) electrons. The first-order valence-corrected chi connectivity index (χ1v) is 9.49. The Hall–Kier alpha value is -1.48. The number of carbonyl (C=O) groups excluding carboxylic acids is 1. The number of benzene rings is 1. The van der Waals surface area contributed by atoms with E-state index in [4.69, 9.17) is 0 Å². The Labute approximate surface area is 171 Å². The quantitative estimate of drug-likeness (QED) is 0.584. The summed E-state index contributed by atoms with van der Waals surface area (Å²) in [5, 5.41) is 5.03. The van der Waals surface area contributed by atoms with Crippen molar-refractivity contribution in [1.29, 1.82) is 0 Å². The standard InChI is InChI=1S/C17H20BrN5OS.ClH/c1-11-10-22(4)20-15(11)16(24)23(8-7-21(2)3)17-19-13-6-5-12(18)9-14(13)25-17;/h5-6,9-10H,7-8H2,1-4H3;1H. The summed E-state index contributed by atoms with van der Waals surface area (Å²) in [4.78, 5) is 21.6. The van der Waals surface area contributed by atoms with Gasteiger partial charge in [-0.15, -0.1) is 12.4 Å². The molecule has 140 valence electrons. The third kappa shape index (κ3) is 4.43. The summed E-state index contributed by atoms with van der Waals surface area (Å²) in [5.74, 6) is -0.113. The zero-order chi connectivity index (χ0) is 18.1. The van der Waals surface area contributed by atoms with E-state index in [1.165, 1.54) is 11.3 Å². The molecule has 0 saturated carbocycles. The largest absolute Gasteiger partial charge is 0.308 e. The van der Waals surface area contributed by atoms with Crippen LogP contribution in [0.1, 0.15) is 16.1 Å². The van der Waals surface area contributed by atoms with Crippen LogP contribution in [0.5, 0.6) is 0 Å². The summed E-state index contributed by atoms with van der Waals surface area (Å²) in [7, 11) is 5.80. The fraction of sp³-hybridized carbons (Fsp3) is 0.353. The van der Waals surface area contributed by atoms with Gasteiger partial charge in [0.25, 0.3) is 5.91 Å². The lowest BCUT2D eigenvalue weighted by atomic mass is 10.2. The van der Waals surface area contributed by atoms with E-state index in [-0.39, 0.29) is 18.3 Å². The number of fused-ring (bicyclic) bond motifs is 1. The van der Waals surface area contributed by atoms with Crippen LogP contribution in [0.3, 0.4) is 0 Å². The average Bonchev–Trinajstić information content (AvgIpc) is 3.09. The van der Waals surface area contributed by atoms with Crippen LogP contribution in [0, 0.1) is 6.92 Å². The van der Waals surface area contributed by atoms with Crippen LogP contribution < -0.4 is 4.90 Å². The van der Waals surface area contributed by atoms with Gasteiger partial charge < -0.3 is 4.90 Å². The summed E-state index contributed by atoms with van der Waals surface area (Å²) in [5.41, 5.74) is 2.23. The number of halogens is 2. The summed E-state index contributed by atoms with van der Waals surface area (Å²) in [6.07, 6.45) is 1.85. The molecule has 0 atom stereocenters. The molecule has 3 rings (SSSR count). The van der Waals surface area contributed by atoms with Gasteiger partial charge in [-0.05, 0) is 39.2 Å². The number of thiazole rings is 1. The van der Waals surface area contributed by atoms with Crippen LogP contribution in [0.4, 0.5) is 5.13 Å². The monoisotopic (exact) mass is 457 g/mol. The number of aryl methyl sites for hydroxylation is 2. The van der Waals surface area contributed by atoms with Gasteiger partial charge >= 0.3 is 0 Å². The molecule has 1 aromatic carbocycles. The summed E-state index contributed by atoms with van der Waals surface area (Å²) in [6.45, 7) is 3.21. The van der Waals surface area contributed by atoms with E-state index < -0.39 is 0 Å². The van der Waals surface area contributed by atoms with Crippen molar-refractivity contribution in [2.45, 2.75) is 6.92 Å². The SMILES string of the molecule is Cc1cn(C)nc1C(=O)N(CCN(C)C)c1nc2ccc(Br)cc2s1.Cl. The molecule has 9 heteroatoms. The Morgan fingerprint density at radius 2 is 2.04 bits per heavy atom. The maximum atomic E-state index is 13.1. The Bertz CT molecular complexity index is 923. The van der Waals surface area contributed by atoms with Crippen molar-refractivity contribution >= 4 is 60.9 Å². The van der Waals surface area contributed by atoms with Gasteiger partial charge in [0.05, 0.1) is 10.2 Å². The highest BCUT2D eigenvalue weighted by molar-refractivity contribution is 9.10. The average molecular weight is 459 g/mol. The van der Waals surface area contributed by atoms with Gasteiger partial charge in [0.15, 0.2) is 10.8 Å². The molecule has 0 aliphatic heterocycles. The minimum absolute atomic E-state index is 0. The van der Waals surface area contributed by atoms with Crippen LogP contribution in [0.2, 0.25) is 0 Å². The molecule has 0 fully saturated rings. The Morgan fingerprint density at radius 1 is 1.31 bits per heavy atom. The molecule has 0 saturated heterocycles. The summed E-state index contributed by atoms with van der Waals surface area (Å²) in [6, 6.07) is 5.94. The van der Waals surface area contributed by atoms with Crippen LogP contribution >= 0.6 is 39.7 Å². The van der Waals surface area contributed by atoms with Gasteiger partial charge in [0, 0.05) is 36.4 Å². The predicted octanol–water partition coefficient (Wildman–Crippen LogP) is 3.73. The lowest BCUT2D eigenvalue weighted by Gasteiger charge is -2.21. The zero-order valence-electron chi connectivity index (χ0n) is 15.1. The van der Waals surface area contributed by atoms with Crippen LogP contribution in [0.15, 0.2) is 28.9 Å². The number of carbonyl (C=O) groups is 1. The topological polar surface area (TPSA) is 54.3 Å². The molecule has 0 N–H and O–H groups in total. The molecule has 26 heavy (non-hydrogen) atoms. The first-order chi connectivity index (χ1) is 11.8. The fourth-order valence-electron chi connectivity index (χ4n) is 2.53. The molecule has 0 bridgehead atoms. The molecule has 0 aliphatic rings. The number of amides is 1. The normalized spacial score (nSPS) is 11.0. The molecule has 1 amide bonds. The molecule has 3 aromatic rings. The highest BCUT2D eigenvalue weighted by Crippen LogP contribution is 2.31. The highest BCUT2D eigenvalue weighted by atomic mass is 79.9. The Balaban J connectivity index is 0.00000243. The van der Waals surface area contributed by atoms with Gasteiger partial charge in [0.1, 0.15) is 0 Å². The number of hydrogen-bond acceptors (Lipinski definition) is 5. The second-order valence-corrected chi connectivity index (χ2v) is 8.13. The van der Waals surface area contributed by atoms with E-state index in [0.717, 1.165) is 26.8 Å². The first-order valence-electron chi connectivity index (χ1n) is 7.88. The van der Waals surface area contributed by atoms with E-state index in [9.17, 15) is 4.79 Å². The van der Waals surface area contributed by atoms with Crippen molar-refractivity contribution in [2.24, 2.45) is 7.05 Å². The number of likely N-dealkylation sites (N-methyl/N-ethyl adjacent to an activating group) is 1. The number of rotatable bonds is 5. The first kappa shape index (κ1) is 20.8. The van der Waals surface area contributed by atoms with E-state index >= 15 is 0 Å². The van der Waals surface area contributed by atoms with E-state index in [0.29, 0.717) is 17.4 Å². The minimum Gasteiger partial charge on any atom is -0.308 e. The molecule has 0 aliphatic carbocycles. The van der Waals surface area contributed by atoms with Crippen molar-refractivity contribution in [3.05, 3.63) is 40.1 Å². The van der Waals surface area contributed by atoms with Crippen molar-refractivity contribution < 1.29 is 4.79 Å². The number of nitrogens with zero attached hydrogens (tertiary/aromatic N) is 5. The molecule has 6 nitrogen and oxygen atoms in total. The maximum Gasteiger partial charge on any atom is 0.280 e. The molecule has 0 unspecified atom stereocenters. The van der Waals surface area contributed by atoms with E-state index in [1.807, 2.05) is 52.5 Å². The zero-order valence-corrected chi connectivity index (χ0v) is 18.3. The van der Waals surface area contributed by atoms with Crippen molar-refractivity contribution in [3.8, 4) is 0 Å². The van der Waals surface area contributed by atoms with Crippen LogP contribution in [-0.2, 0) is 7.05 Å². The van der Waals surface area contributed by atoms with E-state index in [1.54, 1.807) is 9.58 Å². The highest BCUT2D eigenvalue weighted by Gasteiger charge is 2.25. The van der Waals surface area contributed by atoms with Crippen LogP contribution in [-0.4, -0.2) is 52.8 Å². The smallest absolute Gasteiger partial charge is 0.280 e. The van der Waals surface area contributed by atoms with Gasteiger partial charge in [-0.25, -0.2) is 4.98 Å².